The van der Waals surface area contributed by atoms with E-state index in [9.17, 15) is 13.2 Å². The van der Waals surface area contributed by atoms with Crippen LogP contribution in [0.25, 0.3) is 0 Å². The van der Waals surface area contributed by atoms with E-state index in [1.165, 1.54) is 0 Å². The van der Waals surface area contributed by atoms with Gasteiger partial charge in [0.2, 0.25) is 0 Å². The lowest BCUT2D eigenvalue weighted by atomic mass is 10.0. The predicted molar refractivity (Wildman–Crippen MR) is 70.6 cm³/mol. The zero-order valence-corrected chi connectivity index (χ0v) is 12.0. The third kappa shape index (κ3) is 3.28. The largest absolute Gasteiger partial charge is 0.344 e. The number of aromatic nitrogens is 2. The molecule has 6 nitrogen and oxygen atoms in total. The van der Waals surface area contributed by atoms with Crippen molar-refractivity contribution in [3.63, 3.8) is 0 Å². The Morgan fingerprint density at radius 3 is 2.58 bits per heavy atom. The van der Waals surface area contributed by atoms with Crippen molar-refractivity contribution in [2.75, 3.05) is 11.5 Å². The first kappa shape index (κ1) is 13.9. The first-order valence-electron chi connectivity index (χ1n) is 6.04. The molecule has 1 amide bonds. The lowest BCUT2D eigenvalue weighted by Gasteiger charge is -2.23. The number of nitrogens with one attached hydrogen (secondary N) is 1. The molecule has 1 saturated heterocycles. The van der Waals surface area contributed by atoms with Gasteiger partial charge in [0, 0.05) is 5.69 Å². The van der Waals surface area contributed by atoms with Crippen molar-refractivity contribution in [1.29, 1.82) is 0 Å². The molecule has 1 atom stereocenters. The van der Waals surface area contributed by atoms with E-state index in [1.807, 2.05) is 0 Å². The minimum absolute atomic E-state index is 0.0191. The molecular weight excluding hydrogens is 266 g/mol. The monoisotopic (exact) mass is 283 g/mol. The molecule has 0 radical (unpaired) electrons. The Bertz CT molecular complexity index is 607. The standard InChI is InChI=1S/C12H17N3O3S/c1-8-6-10(14-9(2)13-8)11(16)15-12(3)4-5-19(17,18)7-12/h6H,4-5,7H2,1-3H3,(H,15,16). The smallest absolute Gasteiger partial charge is 0.270 e. The topological polar surface area (TPSA) is 89.0 Å². The number of aryl methyl sites for hydroxylation is 2. The fourth-order valence-corrected chi connectivity index (χ4v) is 4.37. The molecular formula is C12H17N3O3S. The molecule has 2 heterocycles. The van der Waals surface area contributed by atoms with E-state index in [0.717, 1.165) is 0 Å². The van der Waals surface area contributed by atoms with Gasteiger partial charge >= 0.3 is 0 Å². The Morgan fingerprint density at radius 1 is 1.37 bits per heavy atom. The fourth-order valence-electron chi connectivity index (χ4n) is 2.28. The van der Waals surface area contributed by atoms with Crippen LogP contribution in [0.2, 0.25) is 0 Å². The van der Waals surface area contributed by atoms with Crippen molar-refractivity contribution in [3.05, 3.63) is 23.3 Å². The van der Waals surface area contributed by atoms with Crippen LogP contribution in [0.3, 0.4) is 0 Å². The highest BCUT2D eigenvalue weighted by Gasteiger charge is 2.39. The van der Waals surface area contributed by atoms with E-state index in [1.54, 1.807) is 26.8 Å². The number of carbonyl (C=O) groups excluding carboxylic acids is 1. The summed E-state index contributed by atoms with van der Waals surface area (Å²) in [5.41, 5.74) is 0.278. The Balaban J connectivity index is 2.18. The molecule has 7 heteroatoms. The van der Waals surface area contributed by atoms with Gasteiger partial charge in [0.1, 0.15) is 11.5 Å². The summed E-state index contributed by atoms with van der Waals surface area (Å²) in [6.45, 7) is 5.25. The van der Waals surface area contributed by atoms with Crippen LogP contribution in [0.4, 0.5) is 0 Å². The number of carbonyl (C=O) groups is 1. The first-order valence-corrected chi connectivity index (χ1v) is 7.87. The maximum absolute atomic E-state index is 12.1. The van der Waals surface area contributed by atoms with E-state index in [0.29, 0.717) is 17.9 Å². The Hall–Kier alpha value is -1.50. The van der Waals surface area contributed by atoms with Crippen LogP contribution in [-0.4, -0.2) is 41.3 Å². The number of hydrogen-bond acceptors (Lipinski definition) is 5. The van der Waals surface area contributed by atoms with Crippen LogP contribution in [0, 0.1) is 13.8 Å². The van der Waals surface area contributed by atoms with Gasteiger partial charge in [-0.1, -0.05) is 0 Å². The SMILES string of the molecule is Cc1cc(C(=O)NC2(C)CCS(=O)(=O)C2)nc(C)n1. The number of amides is 1. The van der Waals surface area contributed by atoms with Crippen molar-refractivity contribution in [1.82, 2.24) is 15.3 Å². The minimum atomic E-state index is -3.05. The van der Waals surface area contributed by atoms with E-state index in [2.05, 4.69) is 15.3 Å². The van der Waals surface area contributed by atoms with Gasteiger partial charge in [-0.3, -0.25) is 4.79 Å². The van der Waals surface area contributed by atoms with Gasteiger partial charge in [0.15, 0.2) is 9.84 Å². The van der Waals surface area contributed by atoms with Crippen LogP contribution in [0.5, 0.6) is 0 Å². The van der Waals surface area contributed by atoms with Crippen LogP contribution < -0.4 is 5.32 Å². The summed E-state index contributed by atoms with van der Waals surface area (Å²) in [6, 6.07) is 1.59. The quantitative estimate of drug-likeness (QED) is 0.848. The number of sulfone groups is 1. The van der Waals surface area contributed by atoms with E-state index in [4.69, 9.17) is 0 Å². The molecule has 19 heavy (non-hydrogen) atoms. The van der Waals surface area contributed by atoms with Crippen molar-refractivity contribution >= 4 is 15.7 Å². The van der Waals surface area contributed by atoms with Gasteiger partial charge in [0.05, 0.1) is 17.0 Å². The van der Waals surface area contributed by atoms with E-state index >= 15 is 0 Å². The second kappa shape index (κ2) is 4.56. The summed E-state index contributed by atoms with van der Waals surface area (Å²) >= 11 is 0. The van der Waals surface area contributed by atoms with Crippen molar-refractivity contribution < 1.29 is 13.2 Å². The van der Waals surface area contributed by atoms with Gasteiger partial charge in [-0.25, -0.2) is 18.4 Å². The molecule has 0 saturated carbocycles. The summed E-state index contributed by atoms with van der Waals surface area (Å²) in [6.07, 6.45) is 0.435. The van der Waals surface area contributed by atoms with E-state index in [-0.39, 0.29) is 23.1 Å². The van der Waals surface area contributed by atoms with Gasteiger partial charge in [0.25, 0.3) is 5.91 Å². The molecule has 0 aliphatic carbocycles. The van der Waals surface area contributed by atoms with Crippen LogP contribution in [0.15, 0.2) is 6.07 Å². The Labute approximate surface area is 112 Å². The number of rotatable bonds is 2. The zero-order chi connectivity index (χ0) is 14.3. The maximum atomic E-state index is 12.1. The summed E-state index contributed by atoms with van der Waals surface area (Å²) < 4.78 is 23.0. The second-order valence-electron chi connectivity index (χ2n) is 5.30. The zero-order valence-electron chi connectivity index (χ0n) is 11.2. The molecule has 104 valence electrons. The van der Waals surface area contributed by atoms with Gasteiger partial charge in [-0.05, 0) is 33.3 Å². The molecule has 1 aliphatic rings. The normalized spacial score (nSPS) is 25.2. The summed E-state index contributed by atoms with van der Waals surface area (Å²) in [5.74, 6) is 0.267. The predicted octanol–water partition coefficient (Wildman–Crippen LogP) is 0.400. The fraction of sp³-hybridized carbons (Fsp3) is 0.583. The third-order valence-electron chi connectivity index (χ3n) is 3.12. The highest BCUT2D eigenvalue weighted by atomic mass is 32.2. The number of nitrogens with zero attached hydrogens (tertiary/aromatic N) is 2. The van der Waals surface area contributed by atoms with Crippen molar-refractivity contribution in [2.45, 2.75) is 32.7 Å². The molecule has 0 bridgehead atoms. The molecule has 1 fully saturated rings. The minimum Gasteiger partial charge on any atom is -0.344 e. The number of hydrogen-bond donors (Lipinski definition) is 1. The van der Waals surface area contributed by atoms with Gasteiger partial charge in [-0.15, -0.1) is 0 Å². The average molecular weight is 283 g/mol. The Kier molecular flexibility index (Phi) is 3.34. The van der Waals surface area contributed by atoms with Crippen molar-refractivity contribution in [3.8, 4) is 0 Å². The van der Waals surface area contributed by atoms with E-state index < -0.39 is 15.4 Å². The molecule has 1 aromatic rings. The van der Waals surface area contributed by atoms with Crippen LogP contribution in [-0.2, 0) is 9.84 Å². The third-order valence-corrected chi connectivity index (χ3v) is 5.02. The van der Waals surface area contributed by atoms with Crippen LogP contribution in [0.1, 0.15) is 35.4 Å². The van der Waals surface area contributed by atoms with Crippen LogP contribution >= 0.6 is 0 Å². The van der Waals surface area contributed by atoms with Gasteiger partial charge in [-0.2, -0.15) is 0 Å². The highest BCUT2D eigenvalue weighted by molar-refractivity contribution is 7.91. The lowest BCUT2D eigenvalue weighted by molar-refractivity contribution is 0.0909. The first-order chi connectivity index (χ1) is 8.69. The lowest BCUT2D eigenvalue weighted by Crippen LogP contribution is -2.47. The molecule has 1 aromatic heterocycles. The molecule has 0 spiro atoms. The van der Waals surface area contributed by atoms with Crippen molar-refractivity contribution in [2.24, 2.45) is 0 Å². The van der Waals surface area contributed by atoms with Gasteiger partial charge < -0.3 is 5.32 Å². The molecule has 0 aromatic carbocycles. The Morgan fingerprint density at radius 2 is 2.05 bits per heavy atom. The molecule has 1 aliphatic heterocycles. The summed E-state index contributed by atoms with van der Waals surface area (Å²) in [4.78, 5) is 20.3. The highest BCUT2D eigenvalue weighted by Crippen LogP contribution is 2.23. The molecule has 1 N–H and O–H groups in total. The summed E-state index contributed by atoms with van der Waals surface area (Å²) in [5, 5.41) is 2.77. The maximum Gasteiger partial charge on any atom is 0.270 e. The second-order valence-corrected chi connectivity index (χ2v) is 7.48. The average Bonchev–Trinajstić information content (AvgIpc) is 2.51. The molecule has 1 unspecified atom stereocenters. The molecule has 2 rings (SSSR count). The summed E-state index contributed by atoms with van der Waals surface area (Å²) in [7, 11) is -3.05.